The molecular weight excluding hydrogens is 266 g/mol. The van der Waals surface area contributed by atoms with Crippen molar-refractivity contribution in [2.75, 3.05) is 33.7 Å². The summed E-state index contributed by atoms with van der Waals surface area (Å²) >= 11 is 0. The second-order valence-corrected chi connectivity index (χ2v) is 5.71. The Morgan fingerprint density at radius 2 is 2.14 bits per heavy atom. The predicted octanol–water partition coefficient (Wildman–Crippen LogP) is 0.426. The minimum atomic E-state index is -0.397. The number of hydrogen-bond acceptors (Lipinski definition) is 3. The molecule has 1 aromatic rings. The Labute approximate surface area is 125 Å². The molecule has 1 heterocycles. The average Bonchev–Trinajstić information content (AvgIpc) is 2.46. The van der Waals surface area contributed by atoms with E-state index in [2.05, 4.69) is 5.32 Å². The molecule has 5 heteroatoms. The van der Waals surface area contributed by atoms with Crippen LogP contribution in [-0.2, 0) is 16.0 Å². The lowest BCUT2D eigenvalue weighted by Gasteiger charge is -2.36. The third kappa shape index (κ3) is 3.82. The van der Waals surface area contributed by atoms with Crippen molar-refractivity contribution < 1.29 is 9.59 Å². The van der Waals surface area contributed by atoms with E-state index in [1.807, 2.05) is 31.2 Å². The molecule has 0 radical (unpaired) electrons. The van der Waals surface area contributed by atoms with Gasteiger partial charge in [-0.3, -0.25) is 9.59 Å². The molecule has 21 heavy (non-hydrogen) atoms. The number of carbonyl (C=O) groups excluding carboxylic acids is 2. The normalized spacial score (nSPS) is 18.4. The van der Waals surface area contributed by atoms with Crippen LogP contribution in [0, 0.1) is 6.92 Å². The number of aryl methyl sites for hydroxylation is 1. The van der Waals surface area contributed by atoms with Crippen molar-refractivity contribution in [3.63, 3.8) is 0 Å². The summed E-state index contributed by atoms with van der Waals surface area (Å²) in [5, 5.41) is 3.19. The molecule has 0 aliphatic carbocycles. The van der Waals surface area contributed by atoms with Crippen molar-refractivity contribution in [2.45, 2.75) is 19.4 Å². The van der Waals surface area contributed by atoms with Gasteiger partial charge < -0.3 is 15.1 Å². The van der Waals surface area contributed by atoms with Crippen molar-refractivity contribution in [1.82, 2.24) is 15.1 Å². The van der Waals surface area contributed by atoms with Crippen LogP contribution in [0.15, 0.2) is 24.3 Å². The van der Waals surface area contributed by atoms with Gasteiger partial charge in [-0.05, 0) is 12.5 Å². The number of nitrogens with one attached hydrogen (secondary N) is 1. The lowest BCUT2D eigenvalue weighted by molar-refractivity contribution is -0.145. The summed E-state index contributed by atoms with van der Waals surface area (Å²) in [6.07, 6.45) is 0.346. The van der Waals surface area contributed by atoms with Gasteiger partial charge in [-0.15, -0.1) is 0 Å². The number of rotatable bonds is 3. The van der Waals surface area contributed by atoms with Crippen molar-refractivity contribution in [3.8, 4) is 0 Å². The van der Waals surface area contributed by atoms with Gasteiger partial charge in [0.1, 0.15) is 6.04 Å². The molecule has 2 rings (SSSR count). The molecule has 1 aromatic carbocycles. The molecule has 1 fully saturated rings. The Morgan fingerprint density at radius 1 is 1.38 bits per heavy atom. The van der Waals surface area contributed by atoms with Crippen molar-refractivity contribution in [2.24, 2.45) is 0 Å². The highest BCUT2D eigenvalue weighted by Crippen LogP contribution is 2.11. The maximum atomic E-state index is 12.5. The first kappa shape index (κ1) is 15.5. The highest BCUT2D eigenvalue weighted by molar-refractivity contribution is 5.88. The Hall–Kier alpha value is -1.88. The van der Waals surface area contributed by atoms with E-state index < -0.39 is 6.04 Å². The van der Waals surface area contributed by atoms with Gasteiger partial charge >= 0.3 is 0 Å². The molecular formula is C16H23N3O2. The summed E-state index contributed by atoms with van der Waals surface area (Å²) in [5.74, 6) is -0.0120. The quantitative estimate of drug-likeness (QED) is 0.878. The number of hydrogen-bond donors (Lipinski definition) is 1. The predicted molar refractivity (Wildman–Crippen MR) is 81.9 cm³/mol. The van der Waals surface area contributed by atoms with Gasteiger partial charge in [0.25, 0.3) is 0 Å². The highest BCUT2D eigenvalue weighted by atomic mass is 16.2. The molecule has 1 atom stereocenters. The van der Waals surface area contributed by atoms with E-state index >= 15 is 0 Å². The van der Waals surface area contributed by atoms with E-state index in [-0.39, 0.29) is 11.8 Å². The Bertz CT molecular complexity index is 528. The first-order valence-corrected chi connectivity index (χ1v) is 7.26. The molecule has 1 saturated heterocycles. The summed E-state index contributed by atoms with van der Waals surface area (Å²) in [6.45, 7) is 3.85. The number of amides is 2. The minimum Gasteiger partial charge on any atom is -0.347 e. The fraction of sp³-hybridized carbons (Fsp3) is 0.500. The molecule has 1 unspecified atom stereocenters. The monoisotopic (exact) mass is 289 g/mol. The summed E-state index contributed by atoms with van der Waals surface area (Å²) in [6, 6.07) is 7.54. The summed E-state index contributed by atoms with van der Waals surface area (Å²) < 4.78 is 0. The number of carbonyl (C=O) groups is 2. The van der Waals surface area contributed by atoms with Gasteiger partial charge in [-0.2, -0.15) is 0 Å². The highest BCUT2D eigenvalue weighted by Gasteiger charge is 2.32. The standard InChI is InChI=1S/C16H23N3O2/c1-12-5-4-6-13(9-12)10-15(20)19-8-7-17-11-14(19)16(21)18(2)3/h4-6,9,14,17H,7-8,10-11H2,1-3H3. The van der Waals surface area contributed by atoms with Crippen LogP contribution in [-0.4, -0.2) is 61.4 Å². The molecule has 2 amide bonds. The van der Waals surface area contributed by atoms with Crippen LogP contribution >= 0.6 is 0 Å². The molecule has 0 spiro atoms. The smallest absolute Gasteiger partial charge is 0.246 e. The Balaban J connectivity index is 2.10. The van der Waals surface area contributed by atoms with E-state index in [1.54, 1.807) is 23.9 Å². The van der Waals surface area contributed by atoms with Crippen LogP contribution in [0.5, 0.6) is 0 Å². The van der Waals surface area contributed by atoms with Crippen LogP contribution < -0.4 is 5.32 Å². The largest absolute Gasteiger partial charge is 0.347 e. The molecule has 1 aliphatic rings. The second-order valence-electron chi connectivity index (χ2n) is 5.71. The summed E-state index contributed by atoms with van der Waals surface area (Å²) in [7, 11) is 3.44. The lowest BCUT2D eigenvalue weighted by atomic mass is 10.1. The Morgan fingerprint density at radius 3 is 2.81 bits per heavy atom. The summed E-state index contributed by atoms with van der Waals surface area (Å²) in [4.78, 5) is 28.0. The zero-order valence-corrected chi connectivity index (χ0v) is 12.9. The van der Waals surface area contributed by atoms with Gasteiger partial charge in [-0.1, -0.05) is 29.8 Å². The van der Waals surface area contributed by atoms with Crippen molar-refractivity contribution in [3.05, 3.63) is 35.4 Å². The van der Waals surface area contributed by atoms with Gasteiger partial charge in [0.15, 0.2) is 0 Å². The molecule has 1 aliphatic heterocycles. The lowest BCUT2D eigenvalue weighted by Crippen LogP contribution is -2.59. The molecule has 0 bridgehead atoms. The van der Waals surface area contributed by atoms with Crippen LogP contribution in [0.3, 0.4) is 0 Å². The van der Waals surface area contributed by atoms with Gasteiger partial charge in [0.05, 0.1) is 6.42 Å². The molecule has 114 valence electrons. The average molecular weight is 289 g/mol. The maximum absolute atomic E-state index is 12.5. The third-order valence-electron chi connectivity index (χ3n) is 3.73. The van der Waals surface area contributed by atoms with E-state index in [9.17, 15) is 9.59 Å². The van der Waals surface area contributed by atoms with E-state index in [4.69, 9.17) is 0 Å². The van der Waals surface area contributed by atoms with Crippen molar-refractivity contribution >= 4 is 11.8 Å². The van der Waals surface area contributed by atoms with Crippen LogP contribution in [0.2, 0.25) is 0 Å². The third-order valence-corrected chi connectivity index (χ3v) is 3.73. The number of piperazine rings is 1. The number of likely N-dealkylation sites (N-methyl/N-ethyl adjacent to an activating group) is 1. The summed E-state index contributed by atoms with van der Waals surface area (Å²) in [5.41, 5.74) is 2.14. The molecule has 5 nitrogen and oxygen atoms in total. The van der Waals surface area contributed by atoms with Crippen LogP contribution in [0.4, 0.5) is 0 Å². The van der Waals surface area contributed by atoms with Crippen LogP contribution in [0.1, 0.15) is 11.1 Å². The van der Waals surface area contributed by atoms with Gasteiger partial charge in [0, 0.05) is 33.7 Å². The first-order chi connectivity index (χ1) is 9.99. The van der Waals surface area contributed by atoms with Gasteiger partial charge in [0.2, 0.25) is 11.8 Å². The second kappa shape index (κ2) is 6.72. The number of nitrogens with zero attached hydrogens (tertiary/aromatic N) is 2. The van der Waals surface area contributed by atoms with E-state index in [0.29, 0.717) is 19.5 Å². The van der Waals surface area contributed by atoms with Crippen molar-refractivity contribution in [1.29, 1.82) is 0 Å². The van der Waals surface area contributed by atoms with E-state index in [1.165, 1.54) is 0 Å². The van der Waals surface area contributed by atoms with E-state index in [0.717, 1.165) is 17.7 Å². The fourth-order valence-electron chi connectivity index (χ4n) is 2.62. The maximum Gasteiger partial charge on any atom is 0.246 e. The zero-order chi connectivity index (χ0) is 15.4. The first-order valence-electron chi connectivity index (χ1n) is 7.26. The molecule has 0 saturated carbocycles. The van der Waals surface area contributed by atoms with Gasteiger partial charge in [-0.25, -0.2) is 0 Å². The number of benzene rings is 1. The molecule has 1 N–H and O–H groups in total. The zero-order valence-electron chi connectivity index (χ0n) is 12.9. The molecule has 0 aromatic heterocycles. The SMILES string of the molecule is Cc1cccc(CC(=O)N2CCNCC2C(=O)N(C)C)c1. The Kier molecular flexibility index (Phi) is 4.96. The van der Waals surface area contributed by atoms with Crippen LogP contribution in [0.25, 0.3) is 0 Å². The topological polar surface area (TPSA) is 52.7 Å². The minimum absolute atomic E-state index is 0.0160. The fourth-order valence-corrected chi connectivity index (χ4v) is 2.62.